The molecule has 1 aliphatic rings. The van der Waals surface area contributed by atoms with E-state index < -0.39 is 6.10 Å². The molecule has 112 valence electrons. The number of nitrogens with zero attached hydrogens (tertiary/aromatic N) is 2. The van der Waals surface area contributed by atoms with Crippen LogP contribution in [0.3, 0.4) is 0 Å². The van der Waals surface area contributed by atoms with Crippen LogP contribution in [0.15, 0.2) is 21.9 Å². The zero-order chi connectivity index (χ0) is 14.5. The van der Waals surface area contributed by atoms with Crippen molar-refractivity contribution in [2.75, 3.05) is 25.1 Å². The van der Waals surface area contributed by atoms with Gasteiger partial charge < -0.3 is 9.47 Å². The molecule has 1 fully saturated rings. The van der Waals surface area contributed by atoms with E-state index in [1.54, 1.807) is 23.1 Å². The van der Waals surface area contributed by atoms with E-state index in [1.807, 2.05) is 11.4 Å². The van der Waals surface area contributed by atoms with Crippen molar-refractivity contribution in [3.05, 3.63) is 22.4 Å². The molecule has 1 amide bonds. The van der Waals surface area contributed by atoms with E-state index >= 15 is 0 Å². The second-order valence-electron chi connectivity index (χ2n) is 4.16. The number of amides is 1. The number of hydrogen-bond donors (Lipinski definition) is 1. The van der Waals surface area contributed by atoms with Gasteiger partial charge in [0.15, 0.2) is 10.4 Å². The maximum Gasteiger partial charge on any atom is 0.257 e. The van der Waals surface area contributed by atoms with Crippen molar-refractivity contribution >= 4 is 45.5 Å². The minimum atomic E-state index is -0.565. The highest BCUT2D eigenvalue weighted by atomic mass is 32.2. The highest BCUT2D eigenvalue weighted by Gasteiger charge is 2.23. The van der Waals surface area contributed by atoms with E-state index in [9.17, 15) is 4.79 Å². The summed E-state index contributed by atoms with van der Waals surface area (Å²) in [7, 11) is 0. The molecule has 1 aliphatic heterocycles. The standard InChI is InChI=1S/C12H13N3O3S3/c16-10(9-6-17-3-4-18-9)13-11-14-15-12(21-11)20-7-8-2-1-5-19-8/h1-2,5,9H,3-4,6-7H2,(H,13,14,16)/t9-/m1/s1. The molecule has 0 unspecified atom stereocenters. The minimum absolute atomic E-state index is 0.236. The lowest BCUT2D eigenvalue weighted by Gasteiger charge is -2.21. The number of carbonyl (C=O) groups is 1. The van der Waals surface area contributed by atoms with Gasteiger partial charge >= 0.3 is 0 Å². The maximum absolute atomic E-state index is 11.9. The molecule has 21 heavy (non-hydrogen) atoms. The van der Waals surface area contributed by atoms with Gasteiger partial charge in [-0.2, -0.15) is 0 Å². The SMILES string of the molecule is O=C(Nc1nnc(SCc2cccs2)s1)[C@H]1COCCO1. The number of rotatable bonds is 5. The Bertz CT molecular complexity index is 582. The number of thioether (sulfide) groups is 1. The zero-order valence-electron chi connectivity index (χ0n) is 11.0. The first kappa shape index (κ1) is 14.9. The first-order chi connectivity index (χ1) is 10.3. The number of nitrogens with one attached hydrogen (secondary N) is 1. The van der Waals surface area contributed by atoms with Crippen LogP contribution < -0.4 is 5.32 Å². The lowest BCUT2D eigenvalue weighted by molar-refractivity contribution is -0.142. The summed E-state index contributed by atoms with van der Waals surface area (Å²) in [5, 5.41) is 13.3. The Balaban J connectivity index is 1.51. The average Bonchev–Trinajstić information content (AvgIpc) is 3.17. The fourth-order valence-corrected chi connectivity index (χ4v) is 4.20. The zero-order valence-corrected chi connectivity index (χ0v) is 13.4. The molecule has 9 heteroatoms. The molecule has 6 nitrogen and oxygen atoms in total. The second-order valence-corrected chi connectivity index (χ2v) is 7.40. The minimum Gasteiger partial charge on any atom is -0.376 e. The molecular formula is C12H13N3O3S3. The number of carbonyl (C=O) groups excluding carboxylic acids is 1. The van der Waals surface area contributed by atoms with Gasteiger partial charge in [0.1, 0.15) is 0 Å². The van der Waals surface area contributed by atoms with Crippen LogP contribution in [0.4, 0.5) is 5.13 Å². The van der Waals surface area contributed by atoms with E-state index in [4.69, 9.17) is 9.47 Å². The molecule has 0 spiro atoms. The second kappa shape index (κ2) is 7.32. The Labute approximate surface area is 133 Å². The van der Waals surface area contributed by atoms with Gasteiger partial charge in [-0.15, -0.1) is 21.5 Å². The molecule has 0 saturated carbocycles. The smallest absolute Gasteiger partial charge is 0.257 e. The van der Waals surface area contributed by atoms with Gasteiger partial charge in [-0.1, -0.05) is 29.2 Å². The molecule has 3 heterocycles. The van der Waals surface area contributed by atoms with Crippen LogP contribution in [-0.4, -0.2) is 42.0 Å². The topological polar surface area (TPSA) is 73.3 Å². The summed E-state index contributed by atoms with van der Waals surface area (Å²) in [6.45, 7) is 1.26. The van der Waals surface area contributed by atoms with Crippen molar-refractivity contribution in [1.29, 1.82) is 0 Å². The monoisotopic (exact) mass is 343 g/mol. The van der Waals surface area contributed by atoms with Crippen LogP contribution in [0.2, 0.25) is 0 Å². The largest absolute Gasteiger partial charge is 0.376 e. The number of aromatic nitrogens is 2. The van der Waals surface area contributed by atoms with Crippen molar-refractivity contribution < 1.29 is 14.3 Å². The quantitative estimate of drug-likeness (QED) is 0.663. The number of thiophene rings is 1. The molecule has 0 aliphatic carbocycles. The molecule has 2 aromatic rings. The average molecular weight is 343 g/mol. The predicted octanol–water partition coefficient (Wildman–Crippen LogP) is 2.25. The lowest BCUT2D eigenvalue weighted by atomic mass is 10.3. The van der Waals surface area contributed by atoms with E-state index in [1.165, 1.54) is 16.2 Å². The number of anilines is 1. The Kier molecular flexibility index (Phi) is 5.20. The Morgan fingerprint density at radius 2 is 2.43 bits per heavy atom. The molecular weight excluding hydrogens is 330 g/mol. The lowest BCUT2D eigenvalue weighted by Crippen LogP contribution is -2.39. The Morgan fingerprint density at radius 3 is 3.19 bits per heavy atom. The predicted molar refractivity (Wildman–Crippen MR) is 83.0 cm³/mol. The van der Waals surface area contributed by atoms with Gasteiger partial charge in [-0.3, -0.25) is 10.1 Å². The van der Waals surface area contributed by atoms with Gasteiger partial charge in [-0.05, 0) is 11.4 Å². The molecule has 2 aromatic heterocycles. The van der Waals surface area contributed by atoms with Crippen LogP contribution in [0.5, 0.6) is 0 Å². The molecule has 3 rings (SSSR count). The Hall–Kier alpha value is -1.00. The van der Waals surface area contributed by atoms with Gasteiger partial charge in [-0.25, -0.2) is 0 Å². The molecule has 0 aromatic carbocycles. The van der Waals surface area contributed by atoms with E-state index in [-0.39, 0.29) is 12.5 Å². The van der Waals surface area contributed by atoms with Gasteiger partial charge in [0.05, 0.1) is 19.8 Å². The van der Waals surface area contributed by atoms with Crippen molar-refractivity contribution in [1.82, 2.24) is 10.2 Å². The van der Waals surface area contributed by atoms with Gasteiger partial charge in [0.2, 0.25) is 5.13 Å². The highest BCUT2D eigenvalue weighted by Crippen LogP contribution is 2.29. The van der Waals surface area contributed by atoms with Crippen LogP contribution in [0.1, 0.15) is 4.88 Å². The third-order valence-electron chi connectivity index (χ3n) is 2.66. The van der Waals surface area contributed by atoms with Crippen LogP contribution in [0, 0.1) is 0 Å². The normalized spacial score (nSPS) is 18.6. The fourth-order valence-electron chi connectivity index (χ4n) is 1.67. The third kappa shape index (κ3) is 4.24. The van der Waals surface area contributed by atoms with E-state index in [2.05, 4.69) is 21.6 Å². The van der Waals surface area contributed by atoms with E-state index in [0.29, 0.717) is 18.3 Å². The van der Waals surface area contributed by atoms with E-state index in [0.717, 1.165) is 10.1 Å². The maximum atomic E-state index is 11.9. The highest BCUT2D eigenvalue weighted by molar-refractivity contribution is 8.00. The first-order valence-electron chi connectivity index (χ1n) is 6.30. The van der Waals surface area contributed by atoms with Crippen molar-refractivity contribution in [2.24, 2.45) is 0 Å². The van der Waals surface area contributed by atoms with Crippen molar-refractivity contribution in [2.45, 2.75) is 16.2 Å². The van der Waals surface area contributed by atoms with Crippen LogP contribution >= 0.6 is 34.4 Å². The summed E-state index contributed by atoms with van der Waals surface area (Å²) in [5.74, 6) is 0.625. The molecule has 1 saturated heterocycles. The summed E-state index contributed by atoms with van der Waals surface area (Å²) in [6.07, 6.45) is -0.565. The third-order valence-corrected chi connectivity index (χ3v) is 5.74. The van der Waals surface area contributed by atoms with Crippen LogP contribution in [0.25, 0.3) is 0 Å². The summed E-state index contributed by atoms with van der Waals surface area (Å²) < 4.78 is 11.4. The molecule has 0 bridgehead atoms. The Morgan fingerprint density at radius 1 is 1.48 bits per heavy atom. The van der Waals surface area contributed by atoms with Crippen LogP contribution in [-0.2, 0) is 20.0 Å². The van der Waals surface area contributed by atoms with Gasteiger partial charge in [0, 0.05) is 10.6 Å². The first-order valence-corrected chi connectivity index (χ1v) is 8.98. The summed E-state index contributed by atoms with van der Waals surface area (Å²) in [6, 6.07) is 4.11. The van der Waals surface area contributed by atoms with Crippen molar-refractivity contribution in [3.63, 3.8) is 0 Å². The summed E-state index contributed by atoms with van der Waals surface area (Å²) in [4.78, 5) is 13.2. The van der Waals surface area contributed by atoms with Crippen molar-refractivity contribution in [3.8, 4) is 0 Å². The van der Waals surface area contributed by atoms with Gasteiger partial charge in [0.25, 0.3) is 5.91 Å². The summed E-state index contributed by atoms with van der Waals surface area (Å²) >= 11 is 4.69. The fraction of sp³-hybridized carbons (Fsp3) is 0.417. The summed E-state index contributed by atoms with van der Waals surface area (Å²) in [5.41, 5.74) is 0. The molecule has 0 radical (unpaired) electrons. The number of hydrogen-bond acceptors (Lipinski definition) is 8. The number of ether oxygens (including phenoxy) is 2. The molecule has 1 N–H and O–H groups in total. The molecule has 1 atom stereocenters.